The number of aromatic carboxylic acids is 1. The fourth-order valence-corrected chi connectivity index (χ4v) is 4.21. The molecule has 0 unspecified atom stereocenters. The number of para-hydroxylation sites is 1. The number of carbonyl (C=O) groups is 3. The Morgan fingerprint density at radius 3 is 2.20 bits per heavy atom. The Labute approximate surface area is 237 Å². The van der Waals surface area contributed by atoms with Crippen molar-refractivity contribution in [1.82, 2.24) is 0 Å². The Morgan fingerprint density at radius 1 is 0.800 bits per heavy atom. The number of unbranched alkanes of at least 4 members (excludes halogenated alkanes) is 1. The summed E-state index contributed by atoms with van der Waals surface area (Å²) in [5, 5.41) is 14.7. The summed E-state index contributed by atoms with van der Waals surface area (Å²) < 4.78 is 6.14. The Bertz CT molecular complexity index is 1370. The van der Waals surface area contributed by atoms with Crippen LogP contribution in [-0.2, 0) is 15.6 Å². The van der Waals surface area contributed by atoms with Crippen LogP contribution in [0.2, 0.25) is 0 Å². The maximum absolute atomic E-state index is 12.9. The van der Waals surface area contributed by atoms with Gasteiger partial charge < -0.3 is 20.5 Å². The van der Waals surface area contributed by atoms with Gasteiger partial charge in [0.1, 0.15) is 5.75 Å². The third kappa shape index (κ3) is 8.43. The molecule has 3 N–H and O–H groups in total. The van der Waals surface area contributed by atoms with E-state index < -0.39 is 11.9 Å². The van der Waals surface area contributed by atoms with Gasteiger partial charge in [0.2, 0.25) is 5.91 Å². The van der Waals surface area contributed by atoms with Gasteiger partial charge in [0.05, 0.1) is 23.4 Å². The average Bonchev–Trinajstić information content (AvgIpc) is 2.87. The summed E-state index contributed by atoms with van der Waals surface area (Å²) in [7, 11) is 0. The summed E-state index contributed by atoms with van der Waals surface area (Å²) >= 11 is 0. The van der Waals surface area contributed by atoms with Gasteiger partial charge in [-0.05, 0) is 71.2 Å². The highest BCUT2D eigenvalue weighted by Crippen LogP contribution is 2.35. The van der Waals surface area contributed by atoms with Crippen LogP contribution in [0.1, 0.15) is 92.6 Å². The summed E-state index contributed by atoms with van der Waals surface area (Å²) in [4.78, 5) is 36.8. The lowest BCUT2D eigenvalue weighted by atomic mass is 9.80. The van der Waals surface area contributed by atoms with E-state index in [1.165, 1.54) is 23.3 Å². The van der Waals surface area contributed by atoms with Crippen LogP contribution in [0.3, 0.4) is 0 Å². The molecule has 0 heterocycles. The monoisotopic (exact) mass is 544 g/mol. The van der Waals surface area contributed by atoms with Crippen LogP contribution in [-0.4, -0.2) is 29.5 Å². The molecule has 3 aromatic carbocycles. The van der Waals surface area contributed by atoms with Gasteiger partial charge in [0, 0.05) is 12.1 Å². The number of rotatable bonds is 10. The predicted octanol–water partition coefficient (Wildman–Crippen LogP) is 7.42. The average molecular weight is 545 g/mol. The number of carbonyl (C=O) groups excluding carboxylic acids is 2. The Balaban J connectivity index is 1.54. The van der Waals surface area contributed by atoms with Gasteiger partial charge in [-0.3, -0.25) is 9.59 Å². The summed E-state index contributed by atoms with van der Waals surface area (Å²) in [6, 6.07) is 19.1. The normalized spacial score (nSPS) is 11.6. The number of amides is 2. The Hall–Kier alpha value is -4.13. The Morgan fingerprint density at radius 2 is 1.52 bits per heavy atom. The van der Waals surface area contributed by atoms with E-state index in [9.17, 15) is 19.5 Å². The van der Waals surface area contributed by atoms with Gasteiger partial charge in [-0.2, -0.15) is 0 Å². The lowest BCUT2D eigenvalue weighted by Crippen LogP contribution is -2.18. The van der Waals surface area contributed by atoms with Crippen molar-refractivity contribution < 1.29 is 24.2 Å². The standard InChI is InChI=1S/C33H40N2O5/c1-32(2,3)23-17-18-28(26(21-23)33(4,5)6)40-19-10-9-16-29(36)35-27-15-8-7-14-25(27)30(37)34-24-13-11-12-22(20-24)31(38)39/h7-8,11-15,17-18,20-21H,9-10,16,19H2,1-6H3,(H,34,37)(H,35,36)(H,38,39). The van der Waals surface area contributed by atoms with Gasteiger partial charge in [0.25, 0.3) is 5.91 Å². The maximum Gasteiger partial charge on any atom is 0.335 e. The topological polar surface area (TPSA) is 105 Å². The SMILES string of the molecule is CC(C)(C)c1ccc(OCCCCC(=O)Nc2ccccc2C(=O)Nc2cccc(C(=O)O)c2)c(C(C)(C)C)c1. The second-order valence-corrected chi connectivity index (χ2v) is 12.0. The third-order valence-corrected chi connectivity index (χ3v) is 6.52. The number of ether oxygens (including phenoxy) is 1. The number of hydrogen-bond acceptors (Lipinski definition) is 4. The summed E-state index contributed by atoms with van der Waals surface area (Å²) in [5.41, 5.74) is 3.53. The number of hydrogen-bond donors (Lipinski definition) is 3. The van der Waals surface area contributed by atoms with Crippen LogP contribution in [0.4, 0.5) is 11.4 Å². The fraction of sp³-hybridized carbons (Fsp3) is 0.364. The minimum absolute atomic E-state index is 0.0522. The lowest BCUT2D eigenvalue weighted by Gasteiger charge is -2.27. The van der Waals surface area contributed by atoms with Gasteiger partial charge in [-0.1, -0.05) is 71.9 Å². The van der Waals surface area contributed by atoms with Crippen molar-refractivity contribution in [2.45, 2.75) is 71.6 Å². The third-order valence-electron chi connectivity index (χ3n) is 6.52. The van der Waals surface area contributed by atoms with Crippen molar-refractivity contribution in [1.29, 1.82) is 0 Å². The highest BCUT2D eigenvalue weighted by Gasteiger charge is 2.23. The van der Waals surface area contributed by atoms with E-state index in [2.05, 4.69) is 64.3 Å². The molecule has 2 amide bonds. The molecule has 0 fully saturated rings. The van der Waals surface area contributed by atoms with E-state index in [0.29, 0.717) is 30.8 Å². The Kier molecular flexibility index (Phi) is 9.74. The molecular formula is C33H40N2O5. The molecular weight excluding hydrogens is 504 g/mol. The molecule has 3 aromatic rings. The maximum atomic E-state index is 12.9. The van der Waals surface area contributed by atoms with Crippen molar-refractivity contribution >= 4 is 29.2 Å². The first kappa shape index (κ1) is 30.4. The minimum atomic E-state index is -1.08. The van der Waals surface area contributed by atoms with Gasteiger partial charge in [0.15, 0.2) is 0 Å². The molecule has 0 spiro atoms. The molecule has 0 atom stereocenters. The molecule has 0 bridgehead atoms. The molecule has 0 aliphatic rings. The molecule has 7 nitrogen and oxygen atoms in total. The number of carboxylic acid groups (broad SMARTS) is 1. The van der Waals surface area contributed by atoms with Gasteiger partial charge in [-0.15, -0.1) is 0 Å². The van der Waals surface area contributed by atoms with Crippen LogP contribution < -0.4 is 15.4 Å². The van der Waals surface area contributed by atoms with Crippen molar-refractivity contribution in [3.63, 3.8) is 0 Å². The smallest absolute Gasteiger partial charge is 0.335 e. The molecule has 7 heteroatoms. The van der Waals surface area contributed by atoms with E-state index in [-0.39, 0.29) is 34.3 Å². The van der Waals surface area contributed by atoms with Crippen molar-refractivity contribution in [3.05, 3.63) is 89.0 Å². The van der Waals surface area contributed by atoms with Crippen LogP contribution in [0, 0.1) is 0 Å². The van der Waals surface area contributed by atoms with Crippen molar-refractivity contribution in [2.24, 2.45) is 0 Å². The molecule has 0 radical (unpaired) electrons. The first-order valence-electron chi connectivity index (χ1n) is 13.6. The molecule has 212 valence electrons. The second-order valence-electron chi connectivity index (χ2n) is 12.0. The highest BCUT2D eigenvalue weighted by molar-refractivity contribution is 6.10. The minimum Gasteiger partial charge on any atom is -0.493 e. The van der Waals surface area contributed by atoms with Crippen LogP contribution in [0.25, 0.3) is 0 Å². The second kappa shape index (κ2) is 12.8. The fourth-order valence-electron chi connectivity index (χ4n) is 4.21. The quantitative estimate of drug-likeness (QED) is 0.230. The molecule has 0 saturated carbocycles. The molecule has 0 saturated heterocycles. The molecule has 0 aliphatic carbocycles. The zero-order chi connectivity index (χ0) is 29.5. The van der Waals surface area contributed by atoms with E-state index in [4.69, 9.17) is 4.74 Å². The van der Waals surface area contributed by atoms with Gasteiger partial charge in [-0.25, -0.2) is 4.79 Å². The van der Waals surface area contributed by atoms with E-state index in [1.807, 2.05) is 6.07 Å². The number of carboxylic acids is 1. The van der Waals surface area contributed by atoms with E-state index >= 15 is 0 Å². The van der Waals surface area contributed by atoms with Crippen LogP contribution in [0.5, 0.6) is 5.75 Å². The number of anilines is 2. The first-order valence-corrected chi connectivity index (χ1v) is 13.6. The van der Waals surface area contributed by atoms with Gasteiger partial charge >= 0.3 is 5.97 Å². The largest absolute Gasteiger partial charge is 0.493 e. The number of benzene rings is 3. The zero-order valence-electron chi connectivity index (χ0n) is 24.3. The number of nitrogens with one attached hydrogen (secondary N) is 2. The summed E-state index contributed by atoms with van der Waals surface area (Å²) in [6.45, 7) is 13.6. The van der Waals surface area contributed by atoms with E-state index in [0.717, 1.165) is 5.75 Å². The van der Waals surface area contributed by atoms with Crippen LogP contribution in [0.15, 0.2) is 66.7 Å². The molecule has 0 aliphatic heterocycles. The zero-order valence-corrected chi connectivity index (χ0v) is 24.3. The molecule has 3 rings (SSSR count). The van der Waals surface area contributed by atoms with Crippen molar-refractivity contribution in [2.75, 3.05) is 17.2 Å². The first-order chi connectivity index (χ1) is 18.8. The summed E-state index contributed by atoms with van der Waals surface area (Å²) in [5.74, 6) is -0.849. The summed E-state index contributed by atoms with van der Waals surface area (Å²) in [6.07, 6.45) is 1.63. The molecule has 40 heavy (non-hydrogen) atoms. The predicted molar refractivity (Wildman–Crippen MR) is 160 cm³/mol. The van der Waals surface area contributed by atoms with Crippen LogP contribution >= 0.6 is 0 Å². The molecule has 0 aromatic heterocycles. The van der Waals surface area contributed by atoms with E-state index in [1.54, 1.807) is 36.4 Å². The lowest BCUT2D eigenvalue weighted by molar-refractivity contribution is -0.116. The van der Waals surface area contributed by atoms with Crippen molar-refractivity contribution in [3.8, 4) is 5.75 Å². The highest BCUT2D eigenvalue weighted by atomic mass is 16.5.